The van der Waals surface area contributed by atoms with Crippen LogP contribution < -0.4 is 0 Å². The molecular formula is C11H18BrNO2SSi. The zero-order valence-electron chi connectivity index (χ0n) is 11.0. The summed E-state index contributed by atoms with van der Waals surface area (Å²) in [5.41, 5.74) is 0.727. The van der Waals surface area contributed by atoms with Crippen LogP contribution in [0.2, 0.25) is 18.1 Å². The van der Waals surface area contributed by atoms with Gasteiger partial charge in [-0.2, -0.15) is 0 Å². The number of rotatable bonds is 2. The van der Waals surface area contributed by atoms with Gasteiger partial charge < -0.3 is 4.43 Å². The van der Waals surface area contributed by atoms with E-state index in [0.717, 1.165) is 9.61 Å². The zero-order valence-corrected chi connectivity index (χ0v) is 14.5. The largest absolute Gasteiger partial charge is 0.515 e. The molecule has 0 bridgehead atoms. The molecule has 0 fully saturated rings. The third kappa shape index (κ3) is 3.39. The number of hydrogen-bond acceptors (Lipinski definition) is 4. The second-order valence-corrected chi connectivity index (χ2v) is 12.5. The van der Waals surface area contributed by atoms with E-state index in [1.165, 1.54) is 11.3 Å². The van der Waals surface area contributed by atoms with Crippen molar-refractivity contribution in [3.8, 4) is 0 Å². The molecule has 1 aromatic rings. The van der Waals surface area contributed by atoms with Crippen LogP contribution in [0.25, 0.3) is 0 Å². The first-order chi connectivity index (χ1) is 7.54. The number of aryl methyl sites for hydroxylation is 1. The minimum absolute atomic E-state index is 0.0263. The Kier molecular flexibility index (Phi) is 4.21. The van der Waals surface area contributed by atoms with E-state index in [4.69, 9.17) is 4.43 Å². The summed E-state index contributed by atoms with van der Waals surface area (Å²) in [4.78, 5) is 16.9. The van der Waals surface area contributed by atoms with Crippen LogP contribution >= 0.6 is 27.3 Å². The lowest BCUT2D eigenvalue weighted by molar-refractivity contribution is 0.0717. The molecule has 0 amide bonds. The molecule has 3 nitrogen and oxygen atoms in total. The molecule has 0 saturated heterocycles. The number of nitrogens with zero attached hydrogens (tertiary/aromatic N) is 1. The van der Waals surface area contributed by atoms with Crippen LogP contribution in [0.3, 0.4) is 0 Å². The smallest absolute Gasteiger partial charge is 0.336 e. The standard InChI is InChI=1S/C11H18BrNO2SSi/c1-7-8(16-10(12)13-7)9(14)15-17(5,6)11(2,3)4/h1-6H3. The number of hydrogen-bond donors (Lipinski definition) is 0. The third-order valence-electron chi connectivity index (χ3n) is 3.11. The fourth-order valence-corrected chi connectivity index (χ4v) is 3.35. The number of carbonyl (C=O) groups excluding carboxylic acids is 1. The molecule has 0 radical (unpaired) electrons. The van der Waals surface area contributed by atoms with Crippen molar-refractivity contribution in [3.63, 3.8) is 0 Å². The predicted octanol–water partition coefficient (Wildman–Crippen LogP) is 4.38. The number of thiazole rings is 1. The molecule has 0 N–H and O–H groups in total. The van der Waals surface area contributed by atoms with E-state index >= 15 is 0 Å². The lowest BCUT2D eigenvalue weighted by Crippen LogP contribution is -2.42. The fraction of sp³-hybridized carbons (Fsp3) is 0.636. The molecule has 0 unspecified atom stereocenters. The molecule has 0 aliphatic rings. The van der Waals surface area contributed by atoms with E-state index in [2.05, 4.69) is 54.8 Å². The van der Waals surface area contributed by atoms with E-state index < -0.39 is 8.32 Å². The highest BCUT2D eigenvalue weighted by Gasteiger charge is 2.41. The van der Waals surface area contributed by atoms with Crippen molar-refractivity contribution >= 4 is 41.6 Å². The van der Waals surface area contributed by atoms with Gasteiger partial charge in [-0.1, -0.05) is 32.1 Å². The Morgan fingerprint density at radius 1 is 1.41 bits per heavy atom. The van der Waals surface area contributed by atoms with Gasteiger partial charge in [0, 0.05) is 0 Å². The predicted molar refractivity (Wildman–Crippen MR) is 77.2 cm³/mol. The van der Waals surface area contributed by atoms with E-state index in [-0.39, 0.29) is 11.0 Å². The number of carbonyl (C=O) groups is 1. The van der Waals surface area contributed by atoms with Gasteiger partial charge in [-0.05, 0) is 41.0 Å². The minimum atomic E-state index is -2.05. The van der Waals surface area contributed by atoms with Crippen molar-refractivity contribution in [1.82, 2.24) is 4.98 Å². The Hall–Kier alpha value is -0.203. The molecular weight excluding hydrogens is 318 g/mol. The van der Waals surface area contributed by atoms with Crippen molar-refractivity contribution < 1.29 is 9.22 Å². The zero-order chi connectivity index (χ0) is 13.4. The lowest BCUT2D eigenvalue weighted by Gasteiger charge is -2.35. The molecule has 17 heavy (non-hydrogen) atoms. The molecule has 1 aromatic heterocycles. The summed E-state index contributed by atoms with van der Waals surface area (Å²) in [6.45, 7) is 12.3. The summed E-state index contributed by atoms with van der Waals surface area (Å²) < 4.78 is 6.45. The molecule has 0 spiro atoms. The molecule has 0 atom stereocenters. The van der Waals surface area contributed by atoms with Gasteiger partial charge in [0.1, 0.15) is 4.88 Å². The molecule has 0 aliphatic heterocycles. The Bertz CT molecular complexity index is 437. The first-order valence-corrected chi connectivity index (χ1v) is 9.92. The third-order valence-corrected chi connectivity index (χ3v) is 9.01. The van der Waals surface area contributed by atoms with Crippen LogP contribution in [0.5, 0.6) is 0 Å². The van der Waals surface area contributed by atoms with Gasteiger partial charge in [0.05, 0.1) is 5.69 Å². The highest BCUT2D eigenvalue weighted by molar-refractivity contribution is 9.11. The average molecular weight is 336 g/mol. The maximum absolute atomic E-state index is 12.1. The minimum Gasteiger partial charge on any atom is -0.515 e. The van der Waals surface area contributed by atoms with Crippen LogP contribution in [0.4, 0.5) is 0 Å². The van der Waals surface area contributed by atoms with E-state index in [1.54, 1.807) is 0 Å². The van der Waals surface area contributed by atoms with Crippen LogP contribution in [0.15, 0.2) is 3.92 Å². The van der Waals surface area contributed by atoms with Gasteiger partial charge >= 0.3 is 5.97 Å². The molecule has 1 heterocycles. The van der Waals surface area contributed by atoms with Gasteiger partial charge in [0.2, 0.25) is 0 Å². The molecule has 0 saturated carbocycles. The van der Waals surface area contributed by atoms with E-state index in [1.807, 2.05) is 6.92 Å². The van der Waals surface area contributed by atoms with Crippen LogP contribution in [-0.2, 0) is 4.43 Å². The SMILES string of the molecule is Cc1nc(Br)sc1C(=O)O[Si](C)(C)C(C)(C)C. The van der Waals surface area contributed by atoms with Gasteiger partial charge in [-0.3, -0.25) is 0 Å². The first kappa shape index (κ1) is 14.9. The summed E-state index contributed by atoms with van der Waals surface area (Å²) in [6.07, 6.45) is 0. The normalized spacial score (nSPS) is 12.6. The van der Waals surface area contributed by atoms with Gasteiger partial charge in [-0.25, -0.2) is 9.78 Å². The Labute approximate surface area is 116 Å². The molecule has 0 aliphatic carbocycles. The van der Waals surface area contributed by atoms with Crippen molar-refractivity contribution in [2.24, 2.45) is 0 Å². The fourth-order valence-electron chi connectivity index (χ4n) is 0.984. The van der Waals surface area contributed by atoms with E-state index in [0.29, 0.717) is 4.88 Å². The maximum atomic E-state index is 12.1. The first-order valence-electron chi connectivity index (χ1n) is 5.41. The lowest BCUT2D eigenvalue weighted by atomic mass is 10.2. The molecule has 1 rings (SSSR count). The van der Waals surface area contributed by atoms with Crippen molar-refractivity contribution in [3.05, 3.63) is 14.5 Å². The van der Waals surface area contributed by atoms with Crippen LogP contribution in [-0.4, -0.2) is 19.3 Å². The Balaban J connectivity index is 2.91. The molecule has 6 heteroatoms. The number of aromatic nitrogens is 1. The second kappa shape index (κ2) is 4.82. The van der Waals surface area contributed by atoms with Crippen LogP contribution in [0.1, 0.15) is 36.1 Å². The second-order valence-electron chi connectivity index (χ2n) is 5.53. The summed E-state index contributed by atoms with van der Waals surface area (Å²) in [7, 11) is -2.05. The van der Waals surface area contributed by atoms with Crippen molar-refractivity contribution in [2.75, 3.05) is 0 Å². The maximum Gasteiger partial charge on any atom is 0.336 e. The quantitative estimate of drug-likeness (QED) is 0.753. The summed E-state index contributed by atoms with van der Waals surface area (Å²) in [5, 5.41) is 0.0263. The highest BCUT2D eigenvalue weighted by Crippen LogP contribution is 2.37. The highest BCUT2D eigenvalue weighted by atomic mass is 79.9. The van der Waals surface area contributed by atoms with E-state index in [9.17, 15) is 4.79 Å². The number of halogens is 1. The molecule has 96 valence electrons. The van der Waals surface area contributed by atoms with Gasteiger partial charge in [0.15, 0.2) is 3.92 Å². The summed E-state index contributed by atoms with van der Waals surface area (Å²) >= 11 is 4.61. The topological polar surface area (TPSA) is 39.2 Å². The average Bonchev–Trinajstić information content (AvgIpc) is 2.42. The Morgan fingerprint density at radius 3 is 2.29 bits per heavy atom. The van der Waals surface area contributed by atoms with Crippen molar-refractivity contribution in [1.29, 1.82) is 0 Å². The van der Waals surface area contributed by atoms with Crippen LogP contribution in [0, 0.1) is 6.92 Å². The monoisotopic (exact) mass is 335 g/mol. The van der Waals surface area contributed by atoms with Gasteiger partial charge in [0.25, 0.3) is 8.32 Å². The van der Waals surface area contributed by atoms with Gasteiger partial charge in [-0.15, -0.1) is 0 Å². The summed E-state index contributed by atoms with van der Waals surface area (Å²) in [6, 6.07) is 0. The molecule has 0 aromatic carbocycles. The Morgan fingerprint density at radius 2 is 1.94 bits per heavy atom. The summed E-state index contributed by atoms with van der Waals surface area (Å²) in [5.74, 6) is -0.239. The van der Waals surface area contributed by atoms with Crippen molar-refractivity contribution in [2.45, 2.75) is 45.8 Å².